The van der Waals surface area contributed by atoms with Crippen molar-refractivity contribution in [3.8, 4) is 11.5 Å². The fourth-order valence-corrected chi connectivity index (χ4v) is 3.99. The van der Waals surface area contributed by atoms with E-state index in [-0.39, 0.29) is 30.2 Å². The number of carbonyl (C=O) groups is 3. The van der Waals surface area contributed by atoms with Crippen LogP contribution in [0.5, 0.6) is 11.5 Å². The summed E-state index contributed by atoms with van der Waals surface area (Å²) in [5, 5.41) is 5.77. The topological polar surface area (TPSA) is 110 Å². The van der Waals surface area contributed by atoms with Gasteiger partial charge < -0.3 is 25.0 Å². The average molecular weight is 455 g/mol. The second-order valence-corrected chi connectivity index (χ2v) is 7.92. The molecule has 1 aromatic carbocycles. The Labute approximate surface area is 193 Å². The number of methoxy groups -OCH3 is 2. The number of hydrogen-bond acceptors (Lipinski definition) is 6. The minimum atomic E-state index is -0.764. The van der Waals surface area contributed by atoms with E-state index in [4.69, 9.17) is 9.47 Å². The summed E-state index contributed by atoms with van der Waals surface area (Å²) in [6, 6.07) is 7.98. The third kappa shape index (κ3) is 6.21. The van der Waals surface area contributed by atoms with Crippen LogP contribution >= 0.6 is 0 Å². The van der Waals surface area contributed by atoms with Crippen molar-refractivity contribution < 1.29 is 23.9 Å². The van der Waals surface area contributed by atoms with E-state index in [2.05, 4.69) is 15.6 Å². The first-order valence-corrected chi connectivity index (χ1v) is 10.9. The molecule has 2 aromatic rings. The Morgan fingerprint density at radius 2 is 1.79 bits per heavy atom. The van der Waals surface area contributed by atoms with E-state index >= 15 is 0 Å². The summed E-state index contributed by atoms with van der Waals surface area (Å²) < 4.78 is 10.8. The molecule has 9 nitrogen and oxygen atoms in total. The highest BCUT2D eigenvalue weighted by molar-refractivity contribution is 5.94. The number of piperidine rings is 1. The maximum Gasteiger partial charge on any atom is 0.253 e. The normalized spacial score (nSPS) is 14.8. The van der Waals surface area contributed by atoms with E-state index in [1.165, 1.54) is 14.0 Å². The van der Waals surface area contributed by atoms with Crippen LogP contribution in [-0.2, 0) is 16.0 Å². The number of carbonyl (C=O) groups excluding carboxylic acids is 3. The summed E-state index contributed by atoms with van der Waals surface area (Å²) in [5.41, 5.74) is 1.36. The Morgan fingerprint density at radius 3 is 2.39 bits per heavy atom. The van der Waals surface area contributed by atoms with Gasteiger partial charge in [0.2, 0.25) is 11.8 Å². The zero-order valence-corrected chi connectivity index (χ0v) is 19.2. The molecule has 1 atom stereocenters. The highest BCUT2D eigenvalue weighted by Crippen LogP contribution is 2.31. The summed E-state index contributed by atoms with van der Waals surface area (Å²) >= 11 is 0. The average Bonchev–Trinajstić information content (AvgIpc) is 2.83. The number of aromatic nitrogens is 1. The molecule has 0 aliphatic carbocycles. The van der Waals surface area contributed by atoms with Crippen molar-refractivity contribution in [2.75, 3.05) is 27.3 Å². The van der Waals surface area contributed by atoms with E-state index in [0.29, 0.717) is 43.0 Å². The lowest BCUT2D eigenvalue weighted by Crippen LogP contribution is -2.53. The first-order chi connectivity index (χ1) is 15.9. The van der Waals surface area contributed by atoms with Crippen molar-refractivity contribution in [3.05, 3.63) is 53.9 Å². The molecule has 3 amide bonds. The second kappa shape index (κ2) is 11.3. The molecule has 0 spiro atoms. The lowest BCUT2D eigenvalue weighted by atomic mass is 10.0. The lowest BCUT2D eigenvalue weighted by molar-refractivity contribution is -0.128. The predicted molar refractivity (Wildman–Crippen MR) is 122 cm³/mol. The minimum Gasteiger partial charge on any atom is -0.493 e. The molecule has 1 saturated heterocycles. The van der Waals surface area contributed by atoms with E-state index in [9.17, 15) is 14.4 Å². The SMILES string of the molecule is COc1cccc(CC(NC(C)=O)C(=O)NC2CCN(C(=O)c3ccncc3)CC2)c1OC. The highest BCUT2D eigenvalue weighted by Gasteiger charge is 2.28. The standard InChI is InChI=1S/C24H30N4O5/c1-16(29)26-20(15-18-5-4-6-21(32-2)22(18)33-3)23(30)27-19-9-13-28(14-10-19)24(31)17-7-11-25-12-8-17/h4-8,11-12,19-20H,9-10,13-15H2,1-3H3,(H,26,29)(H,27,30). The quantitative estimate of drug-likeness (QED) is 0.627. The Balaban J connectivity index is 1.62. The molecule has 33 heavy (non-hydrogen) atoms. The molecule has 1 aromatic heterocycles. The predicted octanol–water partition coefficient (Wildman–Crippen LogP) is 1.57. The molecule has 1 fully saturated rings. The highest BCUT2D eigenvalue weighted by atomic mass is 16.5. The van der Waals surface area contributed by atoms with Gasteiger partial charge >= 0.3 is 0 Å². The van der Waals surface area contributed by atoms with Crippen molar-refractivity contribution in [1.29, 1.82) is 0 Å². The smallest absolute Gasteiger partial charge is 0.253 e. The Hall–Kier alpha value is -3.62. The van der Waals surface area contributed by atoms with Crippen LogP contribution in [0.15, 0.2) is 42.7 Å². The first kappa shape index (κ1) is 24.0. The van der Waals surface area contributed by atoms with Crippen LogP contribution < -0.4 is 20.1 Å². The third-order valence-electron chi connectivity index (χ3n) is 5.66. The zero-order chi connectivity index (χ0) is 23.8. The fraction of sp³-hybridized carbons (Fsp3) is 0.417. The third-order valence-corrected chi connectivity index (χ3v) is 5.66. The maximum atomic E-state index is 13.1. The van der Waals surface area contributed by atoms with Gasteiger partial charge in [-0.05, 0) is 31.0 Å². The second-order valence-electron chi connectivity index (χ2n) is 7.92. The van der Waals surface area contributed by atoms with Crippen molar-refractivity contribution >= 4 is 17.7 Å². The van der Waals surface area contributed by atoms with E-state index in [0.717, 1.165) is 5.56 Å². The lowest BCUT2D eigenvalue weighted by Gasteiger charge is -2.33. The summed E-state index contributed by atoms with van der Waals surface area (Å²) in [6.45, 7) is 2.47. The summed E-state index contributed by atoms with van der Waals surface area (Å²) in [6.07, 6.45) is 4.72. The van der Waals surface area contributed by atoms with Crippen molar-refractivity contribution in [2.24, 2.45) is 0 Å². The van der Waals surface area contributed by atoms with Crippen LogP contribution in [-0.4, -0.2) is 67.0 Å². The van der Waals surface area contributed by atoms with Gasteiger partial charge in [0.1, 0.15) is 6.04 Å². The van der Waals surface area contributed by atoms with Gasteiger partial charge in [-0.25, -0.2) is 0 Å². The van der Waals surface area contributed by atoms with E-state index in [1.807, 2.05) is 12.1 Å². The Kier molecular flexibility index (Phi) is 8.23. The molecule has 0 radical (unpaired) electrons. The molecule has 2 N–H and O–H groups in total. The van der Waals surface area contributed by atoms with E-state index < -0.39 is 6.04 Å². The van der Waals surface area contributed by atoms with Crippen LogP contribution in [0.3, 0.4) is 0 Å². The number of para-hydroxylation sites is 1. The Bertz CT molecular complexity index is 974. The summed E-state index contributed by atoms with van der Waals surface area (Å²) in [5.74, 6) is 0.487. The number of nitrogens with one attached hydrogen (secondary N) is 2. The number of rotatable bonds is 8. The van der Waals surface area contributed by atoms with Crippen LogP contribution in [0.4, 0.5) is 0 Å². The van der Waals surface area contributed by atoms with Crippen LogP contribution in [0, 0.1) is 0 Å². The maximum absolute atomic E-state index is 13.1. The van der Waals surface area contributed by atoms with Gasteiger partial charge in [-0.3, -0.25) is 19.4 Å². The van der Waals surface area contributed by atoms with Gasteiger partial charge in [0.15, 0.2) is 11.5 Å². The monoisotopic (exact) mass is 454 g/mol. The van der Waals surface area contributed by atoms with Crippen LogP contribution in [0.1, 0.15) is 35.7 Å². The molecule has 1 aliphatic rings. The van der Waals surface area contributed by atoms with Crippen molar-refractivity contribution in [2.45, 2.75) is 38.3 Å². The molecule has 3 rings (SSSR count). The molecule has 2 heterocycles. The molecule has 0 bridgehead atoms. The Morgan fingerprint density at radius 1 is 1.09 bits per heavy atom. The van der Waals surface area contributed by atoms with Gasteiger partial charge in [-0.1, -0.05) is 12.1 Å². The molecular formula is C24H30N4O5. The first-order valence-electron chi connectivity index (χ1n) is 10.9. The van der Waals surface area contributed by atoms with Crippen LogP contribution in [0.25, 0.3) is 0 Å². The molecular weight excluding hydrogens is 424 g/mol. The van der Waals surface area contributed by atoms with Gasteiger partial charge in [-0.15, -0.1) is 0 Å². The molecule has 0 saturated carbocycles. The number of nitrogens with zero attached hydrogens (tertiary/aromatic N) is 2. The molecule has 1 unspecified atom stereocenters. The van der Waals surface area contributed by atoms with Crippen LogP contribution in [0.2, 0.25) is 0 Å². The number of likely N-dealkylation sites (tertiary alicyclic amines) is 1. The summed E-state index contributed by atoms with van der Waals surface area (Å²) in [4.78, 5) is 43.2. The van der Waals surface area contributed by atoms with Gasteiger partial charge in [0, 0.05) is 56.0 Å². The largest absolute Gasteiger partial charge is 0.493 e. The molecule has 1 aliphatic heterocycles. The zero-order valence-electron chi connectivity index (χ0n) is 19.2. The van der Waals surface area contributed by atoms with E-state index in [1.54, 1.807) is 42.6 Å². The van der Waals surface area contributed by atoms with Crippen molar-refractivity contribution in [1.82, 2.24) is 20.5 Å². The number of pyridine rings is 1. The van der Waals surface area contributed by atoms with Crippen molar-refractivity contribution in [3.63, 3.8) is 0 Å². The number of amides is 3. The fourth-order valence-electron chi connectivity index (χ4n) is 3.99. The molecule has 176 valence electrons. The summed E-state index contributed by atoms with van der Waals surface area (Å²) in [7, 11) is 3.08. The van der Waals surface area contributed by atoms with Gasteiger partial charge in [-0.2, -0.15) is 0 Å². The number of ether oxygens (including phenoxy) is 2. The van der Waals surface area contributed by atoms with Gasteiger partial charge in [0.25, 0.3) is 5.91 Å². The number of benzene rings is 1. The van der Waals surface area contributed by atoms with Gasteiger partial charge in [0.05, 0.1) is 14.2 Å². The minimum absolute atomic E-state index is 0.0385. The molecule has 9 heteroatoms. The number of hydrogen-bond donors (Lipinski definition) is 2.